The molecule has 0 saturated heterocycles. The van der Waals surface area contributed by atoms with Gasteiger partial charge in [-0.25, -0.2) is 0 Å². The van der Waals surface area contributed by atoms with Gasteiger partial charge in [0, 0.05) is 5.02 Å². The number of halogens is 4. The first-order valence-corrected chi connectivity index (χ1v) is 7.54. The number of amides is 1. The van der Waals surface area contributed by atoms with Crippen LogP contribution in [-0.2, 0) is 11.0 Å². The fourth-order valence-electron chi connectivity index (χ4n) is 2.16. The van der Waals surface area contributed by atoms with E-state index in [0.717, 1.165) is 32.0 Å². The van der Waals surface area contributed by atoms with E-state index in [-0.39, 0.29) is 17.3 Å². The predicted octanol–water partition coefficient (Wildman–Crippen LogP) is 4.42. The molecule has 0 radical (unpaired) electrons. The zero-order valence-electron chi connectivity index (χ0n) is 12.6. The molecule has 0 saturated carbocycles. The fraction of sp³-hybridized carbons (Fsp3) is 0.533. The molecule has 0 bridgehead atoms. The molecule has 0 aliphatic carbocycles. The van der Waals surface area contributed by atoms with Crippen molar-refractivity contribution in [1.29, 1.82) is 0 Å². The van der Waals surface area contributed by atoms with Crippen LogP contribution in [0.4, 0.5) is 18.9 Å². The van der Waals surface area contributed by atoms with Crippen molar-refractivity contribution in [2.75, 3.05) is 25.0 Å². The van der Waals surface area contributed by atoms with Gasteiger partial charge in [-0.15, -0.1) is 0 Å². The van der Waals surface area contributed by atoms with E-state index in [1.165, 1.54) is 12.1 Å². The van der Waals surface area contributed by atoms with Crippen molar-refractivity contribution in [1.82, 2.24) is 4.90 Å². The highest BCUT2D eigenvalue weighted by molar-refractivity contribution is 6.30. The van der Waals surface area contributed by atoms with Crippen molar-refractivity contribution in [2.24, 2.45) is 0 Å². The van der Waals surface area contributed by atoms with Crippen molar-refractivity contribution in [2.45, 2.75) is 32.9 Å². The number of hydrogen-bond donors (Lipinski definition) is 1. The molecule has 1 rings (SSSR count). The lowest BCUT2D eigenvalue weighted by atomic mass is 10.1. The second-order valence-corrected chi connectivity index (χ2v) is 5.45. The number of nitrogens with zero attached hydrogens (tertiary/aromatic N) is 1. The van der Waals surface area contributed by atoms with Gasteiger partial charge in [-0.3, -0.25) is 9.69 Å². The Morgan fingerprint density at radius 1 is 1.23 bits per heavy atom. The first kappa shape index (κ1) is 18.8. The third kappa shape index (κ3) is 5.85. The van der Waals surface area contributed by atoms with E-state index in [9.17, 15) is 18.0 Å². The Labute approximate surface area is 133 Å². The minimum absolute atomic E-state index is 0.0242. The van der Waals surface area contributed by atoms with Gasteiger partial charge < -0.3 is 5.32 Å². The lowest BCUT2D eigenvalue weighted by Gasteiger charge is -2.21. The normalized spacial score (nSPS) is 11.8. The highest BCUT2D eigenvalue weighted by atomic mass is 35.5. The zero-order chi connectivity index (χ0) is 16.8. The Kier molecular flexibility index (Phi) is 7.16. The predicted molar refractivity (Wildman–Crippen MR) is 82.1 cm³/mol. The molecule has 0 aliphatic heterocycles. The molecule has 0 atom stereocenters. The van der Waals surface area contributed by atoms with E-state index in [1.54, 1.807) is 0 Å². The van der Waals surface area contributed by atoms with Crippen molar-refractivity contribution in [3.05, 3.63) is 28.8 Å². The highest BCUT2D eigenvalue weighted by Crippen LogP contribution is 2.36. The molecule has 0 aromatic heterocycles. The maximum absolute atomic E-state index is 13.0. The van der Waals surface area contributed by atoms with E-state index in [1.807, 2.05) is 18.7 Å². The Balaban J connectivity index is 2.83. The molecular weight excluding hydrogens is 317 g/mol. The number of alkyl halides is 3. The van der Waals surface area contributed by atoms with Crippen LogP contribution in [0.3, 0.4) is 0 Å². The Hall–Kier alpha value is -1.27. The van der Waals surface area contributed by atoms with Gasteiger partial charge in [0.2, 0.25) is 5.91 Å². The summed E-state index contributed by atoms with van der Waals surface area (Å²) in [6.45, 7) is 5.51. The van der Waals surface area contributed by atoms with E-state index < -0.39 is 17.6 Å². The van der Waals surface area contributed by atoms with Crippen molar-refractivity contribution < 1.29 is 18.0 Å². The highest BCUT2D eigenvalue weighted by Gasteiger charge is 2.34. The first-order chi connectivity index (χ1) is 10.3. The lowest BCUT2D eigenvalue weighted by Crippen LogP contribution is -2.34. The second-order valence-electron chi connectivity index (χ2n) is 5.01. The number of nitrogens with one attached hydrogen (secondary N) is 1. The molecule has 0 fully saturated rings. The van der Waals surface area contributed by atoms with Crippen LogP contribution in [0.5, 0.6) is 0 Å². The summed E-state index contributed by atoms with van der Waals surface area (Å²) in [6.07, 6.45) is -2.82. The Morgan fingerprint density at radius 3 is 2.32 bits per heavy atom. The van der Waals surface area contributed by atoms with E-state index in [0.29, 0.717) is 0 Å². The lowest BCUT2D eigenvalue weighted by molar-refractivity contribution is -0.137. The standard InChI is InChI=1S/C15H20ClF3N2O/c1-3-7-21(8-4-2)10-14(22)20-13-6-5-11(16)9-12(13)15(17,18)19/h5-6,9H,3-4,7-8,10H2,1-2H3,(H,20,22). The monoisotopic (exact) mass is 336 g/mol. The summed E-state index contributed by atoms with van der Waals surface area (Å²) in [6, 6.07) is 3.31. The van der Waals surface area contributed by atoms with Crippen LogP contribution in [0.1, 0.15) is 32.3 Å². The van der Waals surface area contributed by atoms with Gasteiger partial charge in [0.1, 0.15) is 0 Å². The summed E-state index contributed by atoms with van der Waals surface area (Å²) in [4.78, 5) is 13.9. The number of anilines is 1. The smallest absolute Gasteiger partial charge is 0.324 e. The molecule has 1 N–H and O–H groups in total. The second kappa shape index (κ2) is 8.39. The van der Waals surface area contributed by atoms with Crippen LogP contribution >= 0.6 is 11.6 Å². The molecule has 124 valence electrons. The Morgan fingerprint density at radius 2 is 1.82 bits per heavy atom. The van der Waals surface area contributed by atoms with Crippen LogP contribution < -0.4 is 5.32 Å². The van der Waals surface area contributed by atoms with Gasteiger partial charge in [0.25, 0.3) is 0 Å². The molecule has 0 unspecified atom stereocenters. The third-order valence-corrected chi connectivity index (χ3v) is 3.24. The Bertz CT molecular complexity index is 500. The number of hydrogen-bond acceptors (Lipinski definition) is 2. The van der Waals surface area contributed by atoms with Gasteiger partial charge in [0.15, 0.2) is 0 Å². The molecule has 0 heterocycles. The van der Waals surface area contributed by atoms with E-state index in [4.69, 9.17) is 11.6 Å². The topological polar surface area (TPSA) is 32.3 Å². The average molecular weight is 337 g/mol. The summed E-state index contributed by atoms with van der Waals surface area (Å²) >= 11 is 5.61. The van der Waals surface area contributed by atoms with Crippen molar-refractivity contribution in [3.63, 3.8) is 0 Å². The molecule has 1 aromatic rings. The quantitative estimate of drug-likeness (QED) is 0.799. The SMILES string of the molecule is CCCN(CCC)CC(=O)Nc1ccc(Cl)cc1C(F)(F)F. The number of carbonyl (C=O) groups excluding carboxylic acids is 1. The molecular formula is C15H20ClF3N2O. The number of benzene rings is 1. The van der Waals surface area contributed by atoms with Crippen LogP contribution in [0.25, 0.3) is 0 Å². The number of carbonyl (C=O) groups is 1. The molecule has 1 amide bonds. The summed E-state index contributed by atoms with van der Waals surface area (Å²) in [5.74, 6) is -0.463. The minimum atomic E-state index is -4.57. The summed E-state index contributed by atoms with van der Waals surface area (Å²) < 4.78 is 38.9. The van der Waals surface area contributed by atoms with E-state index >= 15 is 0 Å². The van der Waals surface area contributed by atoms with Gasteiger partial charge in [0.05, 0.1) is 17.8 Å². The third-order valence-electron chi connectivity index (χ3n) is 3.01. The zero-order valence-corrected chi connectivity index (χ0v) is 13.4. The average Bonchev–Trinajstić information content (AvgIpc) is 2.40. The largest absolute Gasteiger partial charge is 0.418 e. The molecule has 22 heavy (non-hydrogen) atoms. The van der Waals surface area contributed by atoms with Gasteiger partial charge in [-0.05, 0) is 44.1 Å². The van der Waals surface area contributed by atoms with Crippen LogP contribution in [0.15, 0.2) is 18.2 Å². The van der Waals surface area contributed by atoms with Crippen LogP contribution in [0.2, 0.25) is 5.02 Å². The van der Waals surface area contributed by atoms with Crippen LogP contribution in [0, 0.1) is 0 Å². The van der Waals surface area contributed by atoms with Gasteiger partial charge in [-0.2, -0.15) is 13.2 Å². The minimum Gasteiger partial charge on any atom is -0.324 e. The molecule has 7 heteroatoms. The molecule has 0 aliphatic rings. The molecule has 1 aromatic carbocycles. The van der Waals surface area contributed by atoms with Gasteiger partial charge >= 0.3 is 6.18 Å². The maximum Gasteiger partial charge on any atom is 0.418 e. The van der Waals surface area contributed by atoms with Gasteiger partial charge in [-0.1, -0.05) is 25.4 Å². The fourth-order valence-corrected chi connectivity index (χ4v) is 2.33. The summed E-state index contributed by atoms with van der Waals surface area (Å²) in [7, 11) is 0. The first-order valence-electron chi connectivity index (χ1n) is 7.16. The van der Waals surface area contributed by atoms with E-state index in [2.05, 4.69) is 5.32 Å². The molecule has 0 spiro atoms. The molecule has 3 nitrogen and oxygen atoms in total. The summed E-state index contributed by atoms with van der Waals surface area (Å²) in [5, 5.41) is 2.31. The number of rotatable bonds is 7. The maximum atomic E-state index is 13.0. The van der Waals surface area contributed by atoms with Crippen LogP contribution in [-0.4, -0.2) is 30.4 Å². The van der Waals surface area contributed by atoms with Crippen molar-refractivity contribution >= 4 is 23.2 Å². The summed E-state index contributed by atoms with van der Waals surface area (Å²) in [5.41, 5.74) is -1.21. The van der Waals surface area contributed by atoms with Crippen molar-refractivity contribution in [3.8, 4) is 0 Å².